The van der Waals surface area contributed by atoms with E-state index in [4.69, 9.17) is 15.1 Å². The van der Waals surface area contributed by atoms with Crippen LogP contribution in [0.5, 0.6) is 0 Å². The fraction of sp³-hybridized carbons (Fsp3) is 0.727. The van der Waals surface area contributed by atoms with Crippen LogP contribution < -0.4 is 5.32 Å². The molecule has 17 heavy (non-hydrogen) atoms. The molecule has 0 aromatic carbocycles. The molecule has 1 fully saturated rings. The van der Waals surface area contributed by atoms with E-state index in [2.05, 4.69) is 5.32 Å². The first-order chi connectivity index (χ1) is 8.06. The van der Waals surface area contributed by atoms with E-state index >= 15 is 0 Å². The second kappa shape index (κ2) is 6.21. The molecule has 1 rings (SSSR count). The summed E-state index contributed by atoms with van der Waals surface area (Å²) < 4.78 is 5.17. The molecule has 0 aromatic rings. The highest BCUT2D eigenvalue weighted by Gasteiger charge is 2.31. The zero-order valence-electron chi connectivity index (χ0n) is 9.68. The lowest BCUT2D eigenvalue weighted by atomic mass is 9.98. The normalized spacial score (nSPS) is 22.5. The molecule has 0 unspecified atom stereocenters. The van der Waals surface area contributed by atoms with E-state index in [9.17, 15) is 9.59 Å². The van der Waals surface area contributed by atoms with E-state index in [-0.39, 0.29) is 6.42 Å². The lowest BCUT2D eigenvalue weighted by molar-refractivity contribution is -0.145. The van der Waals surface area contributed by atoms with Crippen molar-refractivity contribution in [3.05, 3.63) is 0 Å². The Morgan fingerprint density at radius 2 is 2.35 bits per heavy atom. The maximum Gasteiger partial charge on any atom is 0.326 e. The highest BCUT2D eigenvalue weighted by molar-refractivity contribution is 5.86. The zero-order chi connectivity index (χ0) is 12.8. The topological polar surface area (TPSA) is 99.4 Å². The number of nitrogens with one attached hydrogen (secondary N) is 1. The molecular formula is C11H16N2O4. The quantitative estimate of drug-likeness (QED) is 0.719. The average molecular weight is 240 g/mol. The van der Waals surface area contributed by atoms with Crippen LogP contribution in [0, 0.1) is 17.2 Å². The number of amides is 1. The second-order valence-corrected chi connectivity index (χ2v) is 4.17. The van der Waals surface area contributed by atoms with Crippen molar-refractivity contribution < 1.29 is 19.4 Å². The summed E-state index contributed by atoms with van der Waals surface area (Å²) in [5, 5.41) is 20.0. The lowest BCUT2D eigenvalue weighted by Crippen LogP contribution is -2.48. The monoisotopic (exact) mass is 240 g/mol. The Labute approximate surface area is 99.6 Å². The number of carbonyl (C=O) groups excluding carboxylic acids is 1. The Morgan fingerprint density at radius 1 is 1.65 bits per heavy atom. The number of hydrogen-bond donors (Lipinski definition) is 2. The van der Waals surface area contributed by atoms with Gasteiger partial charge in [-0.3, -0.25) is 4.79 Å². The molecule has 6 nitrogen and oxygen atoms in total. The van der Waals surface area contributed by atoms with E-state index in [1.165, 1.54) is 0 Å². The maximum atomic E-state index is 11.7. The van der Waals surface area contributed by atoms with Crippen molar-refractivity contribution in [2.45, 2.75) is 38.3 Å². The van der Waals surface area contributed by atoms with Crippen LogP contribution in [0.2, 0.25) is 0 Å². The van der Waals surface area contributed by atoms with Crippen molar-refractivity contribution >= 4 is 11.9 Å². The summed E-state index contributed by atoms with van der Waals surface area (Å²) in [6.07, 6.45) is 0.961. The van der Waals surface area contributed by atoms with Gasteiger partial charge in [0.15, 0.2) is 0 Å². The average Bonchev–Trinajstić information content (AvgIpc) is 2.78. The number of carboxylic acid groups (broad SMARTS) is 1. The molecule has 94 valence electrons. The molecular weight excluding hydrogens is 224 g/mol. The van der Waals surface area contributed by atoms with Gasteiger partial charge in [-0.15, -0.1) is 0 Å². The standard InChI is InChI=1S/C11H16N2O4/c1-7(4-5-12)9(11(15)16)13-10(14)8-3-2-6-17-8/h7-9H,2-4,6H2,1H3,(H,13,14)(H,15,16)/t7-,8+,9+/m1/s1. The third kappa shape index (κ3) is 3.71. The first-order valence-electron chi connectivity index (χ1n) is 5.58. The maximum absolute atomic E-state index is 11.7. The first kappa shape index (κ1) is 13.5. The molecule has 1 amide bonds. The highest BCUT2D eigenvalue weighted by Crippen LogP contribution is 2.14. The van der Waals surface area contributed by atoms with Crippen molar-refractivity contribution in [3.63, 3.8) is 0 Å². The third-order valence-electron chi connectivity index (χ3n) is 2.77. The second-order valence-electron chi connectivity index (χ2n) is 4.17. The van der Waals surface area contributed by atoms with Crippen LogP contribution in [-0.2, 0) is 14.3 Å². The predicted octanol–water partition coefficient (Wildman–Crippen LogP) is 0.285. The van der Waals surface area contributed by atoms with Gasteiger partial charge < -0.3 is 15.2 Å². The van der Waals surface area contributed by atoms with Crippen molar-refractivity contribution in [3.8, 4) is 6.07 Å². The zero-order valence-corrected chi connectivity index (χ0v) is 9.68. The molecule has 0 saturated carbocycles. The van der Waals surface area contributed by atoms with E-state index in [0.29, 0.717) is 13.0 Å². The van der Waals surface area contributed by atoms with Crippen LogP contribution in [0.4, 0.5) is 0 Å². The van der Waals surface area contributed by atoms with Gasteiger partial charge in [-0.25, -0.2) is 4.79 Å². The molecule has 0 radical (unpaired) electrons. The number of rotatable bonds is 5. The minimum atomic E-state index is -1.13. The van der Waals surface area contributed by atoms with Crippen LogP contribution in [-0.4, -0.2) is 35.7 Å². The fourth-order valence-corrected chi connectivity index (χ4v) is 1.74. The first-order valence-corrected chi connectivity index (χ1v) is 5.58. The van der Waals surface area contributed by atoms with Crippen molar-refractivity contribution in [1.82, 2.24) is 5.32 Å². The number of carboxylic acids is 1. The summed E-state index contributed by atoms with van der Waals surface area (Å²) >= 11 is 0. The molecule has 0 aromatic heterocycles. The number of nitrogens with zero attached hydrogens (tertiary/aromatic N) is 1. The van der Waals surface area contributed by atoms with Gasteiger partial charge in [-0.05, 0) is 12.8 Å². The van der Waals surface area contributed by atoms with Gasteiger partial charge in [-0.2, -0.15) is 5.26 Å². The summed E-state index contributed by atoms with van der Waals surface area (Å²) in [5.74, 6) is -1.96. The molecule has 1 heterocycles. The Hall–Kier alpha value is -1.61. The minimum absolute atomic E-state index is 0.0861. The van der Waals surface area contributed by atoms with Crippen LogP contribution in [0.25, 0.3) is 0 Å². The molecule has 3 atom stereocenters. The van der Waals surface area contributed by atoms with Crippen molar-refractivity contribution in [2.75, 3.05) is 6.61 Å². The summed E-state index contributed by atoms with van der Waals surface area (Å²) in [6, 6.07) is 0.864. The Balaban J connectivity index is 2.57. The molecule has 0 aliphatic carbocycles. The number of hydrogen-bond acceptors (Lipinski definition) is 4. The van der Waals surface area contributed by atoms with Gasteiger partial charge in [0.1, 0.15) is 12.1 Å². The van der Waals surface area contributed by atoms with Gasteiger partial charge in [0.25, 0.3) is 0 Å². The molecule has 1 aliphatic rings. The Morgan fingerprint density at radius 3 is 2.82 bits per heavy atom. The molecule has 6 heteroatoms. The minimum Gasteiger partial charge on any atom is -0.480 e. The molecule has 1 aliphatic heterocycles. The fourth-order valence-electron chi connectivity index (χ4n) is 1.74. The van der Waals surface area contributed by atoms with Gasteiger partial charge in [-0.1, -0.05) is 6.92 Å². The summed E-state index contributed by atoms with van der Waals surface area (Å²) in [4.78, 5) is 22.7. The number of aliphatic carboxylic acids is 1. The Bertz CT molecular complexity index is 331. The summed E-state index contributed by atoms with van der Waals surface area (Å²) in [6.45, 7) is 2.15. The largest absolute Gasteiger partial charge is 0.480 e. The Kier molecular flexibility index (Phi) is 4.91. The lowest BCUT2D eigenvalue weighted by Gasteiger charge is -2.21. The SMILES string of the molecule is C[C@H](CC#N)[C@H](NC(=O)[C@@H]1CCCO1)C(=O)O. The van der Waals surface area contributed by atoms with Gasteiger partial charge >= 0.3 is 5.97 Å². The van der Waals surface area contributed by atoms with E-state index in [0.717, 1.165) is 6.42 Å². The number of carbonyl (C=O) groups is 2. The predicted molar refractivity (Wildman–Crippen MR) is 57.9 cm³/mol. The van der Waals surface area contributed by atoms with E-state index in [1.807, 2.05) is 6.07 Å². The molecule has 1 saturated heterocycles. The highest BCUT2D eigenvalue weighted by atomic mass is 16.5. The van der Waals surface area contributed by atoms with Crippen LogP contribution in [0.15, 0.2) is 0 Å². The smallest absolute Gasteiger partial charge is 0.326 e. The molecule has 2 N–H and O–H groups in total. The van der Waals surface area contributed by atoms with E-state index in [1.54, 1.807) is 6.92 Å². The van der Waals surface area contributed by atoms with Crippen LogP contribution in [0.1, 0.15) is 26.2 Å². The number of ether oxygens (including phenoxy) is 1. The van der Waals surface area contributed by atoms with Gasteiger partial charge in [0.05, 0.1) is 6.07 Å². The van der Waals surface area contributed by atoms with Gasteiger partial charge in [0, 0.05) is 18.9 Å². The van der Waals surface area contributed by atoms with Crippen LogP contribution >= 0.6 is 0 Å². The summed E-state index contributed by atoms with van der Waals surface area (Å²) in [7, 11) is 0. The third-order valence-corrected chi connectivity index (χ3v) is 2.77. The van der Waals surface area contributed by atoms with E-state index < -0.39 is 29.9 Å². The van der Waals surface area contributed by atoms with Crippen molar-refractivity contribution in [2.24, 2.45) is 5.92 Å². The van der Waals surface area contributed by atoms with Gasteiger partial charge in [0.2, 0.25) is 5.91 Å². The molecule has 0 spiro atoms. The summed E-state index contributed by atoms with van der Waals surface area (Å²) in [5.41, 5.74) is 0. The molecule has 0 bridgehead atoms. The number of nitriles is 1. The van der Waals surface area contributed by atoms with Crippen LogP contribution in [0.3, 0.4) is 0 Å². The van der Waals surface area contributed by atoms with Crippen molar-refractivity contribution in [1.29, 1.82) is 5.26 Å².